The summed E-state index contributed by atoms with van der Waals surface area (Å²) in [4.78, 5) is 0. The molecule has 1 heterocycles. The summed E-state index contributed by atoms with van der Waals surface area (Å²) in [5.41, 5.74) is 2.65. The van der Waals surface area contributed by atoms with Gasteiger partial charge in [-0.3, -0.25) is 0 Å². The number of hydrogen-bond acceptors (Lipinski definition) is 2. The highest BCUT2D eigenvalue weighted by Gasteiger charge is 2.21. The maximum Gasteiger partial charge on any atom is 0.113 e. The third kappa shape index (κ3) is 3.06. The average molecular weight is 357 g/mol. The van der Waals surface area contributed by atoms with Gasteiger partial charge in [0.25, 0.3) is 0 Å². The Labute approximate surface area is 123 Å². The molecule has 0 aromatic heterocycles. The van der Waals surface area contributed by atoms with E-state index in [4.69, 9.17) is 4.74 Å². The second-order valence-corrected chi connectivity index (χ2v) is 5.64. The van der Waals surface area contributed by atoms with Crippen molar-refractivity contribution >= 4 is 22.6 Å². The van der Waals surface area contributed by atoms with Crippen LogP contribution in [0.1, 0.15) is 36.9 Å². The summed E-state index contributed by atoms with van der Waals surface area (Å²) in [5, 5.41) is 3.54. The Kier molecular flexibility index (Phi) is 5.06. The summed E-state index contributed by atoms with van der Waals surface area (Å²) in [6, 6.07) is 6.67. The number of ether oxygens (including phenoxy) is 1. The maximum atomic E-state index is 5.84. The fourth-order valence-corrected chi connectivity index (χ4v) is 2.91. The first kappa shape index (κ1) is 13.9. The Balaban J connectivity index is 2.34. The van der Waals surface area contributed by atoms with E-state index in [0.717, 1.165) is 31.8 Å². The molecule has 2 rings (SSSR count). The minimum absolute atomic E-state index is 0.196. The maximum absolute atomic E-state index is 5.84. The van der Waals surface area contributed by atoms with Gasteiger partial charge in [-0.2, -0.15) is 0 Å². The second kappa shape index (κ2) is 6.57. The zero-order valence-electron chi connectivity index (χ0n) is 11.0. The highest BCUT2D eigenvalue weighted by molar-refractivity contribution is 14.1. The first-order chi connectivity index (χ1) is 8.74. The molecule has 1 aliphatic heterocycles. The van der Waals surface area contributed by atoms with E-state index >= 15 is 0 Å². The molecule has 18 heavy (non-hydrogen) atoms. The Morgan fingerprint density at radius 3 is 2.94 bits per heavy atom. The normalized spacial score (nSPS) is 16.9. The molecule has 2 nitrogen and oxygen atoms in total. The van der Waals surface area contributed by atoms with Gasteiger partial charge in [0, 0.05) is 3.57 Å². The number of likely N-dealkylation sites (N-methyl/N-ethyl adjacent to an activating group) is 1. The van der Waals surface area contributed by atoms with Crippen molar-refractivity contribution in [3.8, 4) is 0 Å². The Morgan fingerprint density at radius 2 is 2.28 bits per heavy atom. The van der Waals surface area contributed by atoms with Gasteiger partial charge in [-0.15, -0.1) is 0 Å². The first-order valence-electron chi connectivity index (χ1n) is 6.55. The van der Waals surface area contributed by atoms with Crippen molar-refractivity contribution in [2.45, 2.75) is 32.7 Å². The standard InChI is InChI=1S/C15H20INO/c1-3-17-15(13-9-4-5-10-18-13)12-8-6-7-11(2)14(12)16/h6-9,15,17H,3-5,10H2,1-2H3. The fourth-order valence-electron chi connectivity index (χ4n) is 2.24. The quantitative estimate of drug-likeness (QED) is 0.824. The molecular formula is C15H20INO. The minimum atomic E-state index is 0.196. The Morgan fingerprint density at radius 1 is 1.44 bits per heavy atom. The summed E-state index contributed by atoms with van der Waals surface area (Å²) in [5.74, 6) is 1.09. The molecule has 0 amide bonds. The molecule has 0 saturated carbocycles. The van der Waals surface area contributed by atoms with Gasteiger partial charge in [0.1, 0.15) is 5.76 Å². The van der Waals surface area contributed by atoms with Crippen LogP contribution in [0.4, 0.5) is 0 Å². The zero-order chi connectivity index (χ0) is 13.0. The van der Waals surface area contributed by atoms with Crippen molar-refractivity contribution in [3.63, 3.8) is 0 Å². The number of benzene rings is 1. The van der Waals surface area contributed by atoms with Crippen LogP contribution in [0, 0.1) is 10.5 Å². The molecule has 0 saturated heterocycles. The molecule has 1 aromatic carbocycles. The van der Waals surface area contributed by atoms with Crippen LogP contribution in [-0.2, 0) is 4.74 Å². The van der Waals surface area contributed by atoms with Crippen molar-refractivity contribution in [1.82, 2.24) is 5.32 Å². The lowest BCUT2D eigenvalue weighted by molar-refractivity contribution is 0.168. The van der Waals surface area contributed by atoms with Crippen LogP contribution < -0.4 is 5.32 Å². The molecule has 1 aliphatic rings. The van der Waals surface area contributed by atoms with Gasteiger partial charge >= 0.3 is 0 Å². The van der Waals surface area contributed by atoms with E-state index in [-0.39, 0.29) is 6.04 Å². The van der Waals surface area contributed by atoms with Gasteiger partial charge in [0.15, 0.2) is 0 Å². The van der Waals surface area contributed by atoms with Crippen LogP contribution in [0.25, 0.3) is 0 Å². The van der Waals surface area contributed by atoms with Crippen molar-refractivity contribution in [2.75, 3.05) is 13.2 Å². The number of nitrogens with one attached hydrogen (secondary N) is 1. The van der Waals surface area contributed by atoms with Gasteiger partial charge in [-0.05, 0) is 66.1 Å². The van der Waals surface area contributed by atoms with Crippen LogP contribution >= 0.6 is 22.6 Å². The van der Waals surface area contributed by atoms with Crippen molar-refractivity contribution in [3.05, 3.63) is 44.7 Å². The van der Waals surface area contributed by atoms with Crippen molar-refractivity contribution in [1.29, 1.82) is 0 Å². The third-order valence-corrected chi connectivity index (χ3v) is 4.66. The smallest absolute Gasteiger partial charge is 0.113 e. The lowest BCUT2D eigenvalue weighted by Crippen LogP contribution is -2.26. The molecule has 0 fully saturated rings. The lowest BCUT2D eigenvalue weighted by Gasteiger charge is -2.26. The van der Waals surface area contributed by atoms with Gasteiger partial charge in [0.05, 0.1) is 12.6 Å². The molecule has 1 unspecified atom stereocenters. The summed E-state index contributed by atoms with van der Waals surface area (Å²) in [6.07, 6.45) is 4.49. The summed E-state index contributed by atoms with van der Waals surface area (Å²) < 4.78 is 7.17. The summed E-state index contributed by atoms with van der Waals surface area (Å²) in [6.45, 7) is 6.08. The number of aryl methyl sites for hydroxylation is 1. The fraction of sp³-hybridized carbons (Fsp3) is 0.467. The lowest BCUT2D eigenvalue weighted by atomic mass is 10.0. The number of rotatable bonds is 4. The predicted molar refractivity (Wildman–Crippen MR) is 83.6 cm³/mol. The number of allylic oxidation sites excluding steroid dienone is 1. The first-order valence-corrected chi connectivity index (χ1v) is 7.63. The molecule has 0 spiro atoms. The summed E-state index contributed by atoms with van der Waals surface area (Å²) in [7, 11) is 0. The molecule has 0 radical (unpaired) electrons. The van der Waals surface area contributed by atoms with E-state index in [9.17, 15) is 0 Å². The van der Waals surface area contributed by atoms with Crippen molar-refractivity contribution < 1.29 is 4.74 Å². The van der Waals surface area contributed by atoms with Gasteiger partial charge in [0.2, 0.25) is 0 Å². The third-order valence-electron chi connectivity index (χ3n) is 3.19. The van der Waals surface area contributed by atoms with Crippen LogP contribution in [0.3, 0.4) is 0 Å². The minimum Gasteiger partial charge on any atom is -0.496 e. The highest BCUT2D eigenvalue weighted by Crippen LogP contribution is 2.30. The van der Waals surface area contributed by atoms with Gasteiger partial charge in [-0.25, -0.2) is 0 Å². The van der Waals surface area contributed by atoms with E-state index in [1.54, 1.807) is 0 Å². The summed E-state index contributed by atoms with van der Waals surface area (Å²) >= 11 is 2.43. The van der Waals surface area contributed by atoms with Gasteiger partial charge < -0.3 is 10.1 Å². The van der Waals surface area contributed by atoms with E-state index in [1.807, 2.05) is 0 Å². The SMILES string of the molecule is CCNC(C1=CCCCO1)c1cccc(C)c1I. The molecule has 0 aliphatic carbocycles. The molecular weight excluding hydrogens is 337 g/mol. The van der Waals surface area contributed by atoms with Crippen molar-refractivity contribution in [2.24, 2.45) is 0 Å². The van der Waals surface area contributed by atoms with Gasteiger partial charge in [-0.1, -0.05) is 25.1 Å². The van der Waals surface area contributed by atoms with E-state index in [2.05, 4.69) is 66.0 Å². The van der Waals surface area contributed by atoms with E-state index in [1.165, 1.54) is 14.7 Å². The molecule has 1 aromatic rings. The predicted octanol–water partition coefficient (Wildman–Crippen LogP) is 3.94. The second-order valence-electron chi connectivity index (χ2n) is 4.57. The molecule has 1 atom stereocenters. The largest absolute Gasteiger partial charge is 0.496 e. The van der Waals surface area contributed by atoms with E-state index in [0.29, 0.717) is 0 Å². The van der Waals surface area contributed by atoms with Crippen LogP contribution in [0.2, 0.25) is 0 Å². The average Bonchev–Trinajstić information content (AvgIpc) is 2.41. The van der Waals surface area contributed by atoms with Crippen LogP contribution in [0.5, 0.6) is 0 Å². The highest BCUT2D eigenvalue weighted by atomic mass is 127. The topological polar surface area (TPSA) is 21.3 Å². The molecule has 98 valence electrons. The van der Waals surface area contributed by atoms with Crippen LogP contribution in [0.15, 0.2) is 30.0 Å². The molecule has 1 N–H and O–H groups in total. The zero-order valence-corrected chi connectivity index (χ0v) is 13.2. The Hall–Kier alpha value is -0.550. The number of halogens is 1. The van der Waals surface area contributed by atoms with Crippen LogP contribution in [-0.4, -0.2) is 13.2 Å². The van der Waals surface area contributed by atoms with E-state index < -0.39 is 0 Å². The molecule has 3 heteroatoms. The monoisotopic (exact) mass is 357 g/mol. The molecule has 0 bridgehead atoms. The Bertz CT molecular complexity index is 442. The number of hydrogen-bond donors (Lipinski definition) is 1.